The lowest BCUT2D eigenvalue weighted by molar-refractivity contribution is -0.129. The van der Waals surface area contributed by atoms with E-state index in [1.54, 1.807) is 11.8 Å². The zero-order valence-corrected chi connectivity index (χ0v) is 21.8. The van der Waals surface area contributed by atoms with Crippen molar-refractivity contribution in [1.29, 1.82) is 0 Å². The number of hydrogen-bond donors (Lipinski definition) is 1. The van der Waals surface area contributed by atoms with Crippen LogP contribution in [0, 0.1) is 12.8 Å². The highest BCUT2D eigenvalue weighted by Crippen LogP contribution is 2.42. The fourth-order valence-corrected chi connectivity index (χ4v) is 6.36. The molecule has 3 atom stereocenters. The van der Waals surface area contributed by atoms with Crippen LogP contribution < -0.4 is 10.1 Å². The summed E-state index contributed by atoms with van der Waals surface area (Å²) >= 11 is 1.62. The monoisotopic (exact) mass is 498 g/mol. The van der Waals surface area contributed by atoms with E-state index < -0.39 is 0 Å². The van der Waals surface area contributed by atoms with Crippen LogP contribution in [0.3, 0.4) is 0 Å². The summed E-state index contributed by atoms with van der Waals surface area (Å²) in [4.78, 5) is 16.6. The highest BCUT2D eigenvalue weighted by atomic mass is 32.2. The molecule has 186 valence electrons. The molecule has 5 heteroatoms. The smallest absolute Gasteiger partial charge is 0.262 e. The van der Waals surface area contributed by atoms with E-state index in [0.717, 1.165) is 33.9 Å². The van der Waals surface area contributed by atoms with Gasteiger partial charge in [0.1, 0.15) is 12.4 Å². The molecule has 1 heterocycles. The van der Waals surface area contributed by atoms with E-state index in [4.69, 9.17) is 4.74 Å². The molecule has 3 aromatic carbocycles. The maximum Gasteiger partial charge on any atom is 0.262 e. The second-order valence-electron chi connectivity index (χ2n) is 9.88. The van der Waals surface area contributed by atoms with Crippen LogP contribution in [0.5, 0.6) is 5.75 Å². The van der Waals surface area contributed by atoms with Crippen molar-refractivity contribution in [3.05, 3.63) is 100 Å². The first-order valence-corrected chi connectivity index (χ1v) is 13.8. The van der Waals surface area contributed by atoms with Crippen molar-refractivity contribution in [2.24, 2.45) is 5.92 Å². The van der Waals surface area contributed by atoms with Crippen molar-refractivity contribution in [3.8, 4) is 5.75 Å². The quantitative estimate of drug-likeness (QED) is 0.343. The van der Waals surface area contributed by atoms with Gasteiger partial charge in [-0.25, -0.2) is 0 Å². The molecule has 1 saturated heterocycles. The Bertz CT molecular complexity index is 1210. The van der Waals surface area contributed by atoms with Gasteiger partial charge in [-0.15, -0.1) is 0 Å². The summed E-state index contributed by atoms with van der Waals surface area (Å²) in [6.45, 7) is 4.92. The van der Waals surface area contributed by atoms with Crippen LogP contribution in [0.4, 0.5) is 5.69 Å². The van der Waals surface area contributed by atoms with E-state index in [0.29, 0.717) is 12.5 Å². The number of nitrogens with zero attached hydrogens (tertiary/aromatic N) is 1. The Kier molecular flexibility index (Phi) is 7.66. The highest BCUT2D eigenvalue weighted by Gasteiger charge is 2.42. The Morgan fingerprint density at radius 1 is 1.00 bits per heavy atom. The molecule has 0 radical (unpaired) electrons. The zero-order chi connectivity index (χ0) is 24.9. The number of benzene rings is 3. The van der Waals surface area contributed by atoms with Crippen LogP contribution in [-0.2, 0) is 11.4 Å². The van der Waals surface area contributed by atoms with Gasteiger partial charge < -0.3 is 15.0 Å². The van der Waals surface area contributed by atoms with Gasteiger partial charge in [-0.2, -0.15) is 0 Å². The average molecular weight is 499 g/mol. The second-order valence-corrected chi connectivity index (χ2v) is 11.0. The first-order valence-electron chi connectivity index (χ1n) is 12.9. The molecular weight excluding hydrogens is 464 g/mol. The molecule has 0 bridgehead atoms. The van der Waals surface area contributed by atoms with Gasteiger partial charge in [0.15, 0.2) is 5.50 Å². The van der Waals surface area contributed by atoms with Crippen LogP contribution in [0.2, 0.25) is 0 Å². The summed E-state index contributed by atoms with van der Waals surface area (Å²) in [5.41, 5.74) is 4.32. The number of carbonyl (C=O) groups is 1. The molecule has 1 unspecified atom stereocenters. The van der Waals surface area contributed by atoms with Gasteiger partial charge in [-0.3, -0.25) is 4.79 Å². The van der Waals surface area contributed by atoms with E-state index in [1.807, 2.05) is 48.5 Å². The predicted octanol–water partition coefficient (Wildman–Crippen LogP) is 7.46. The van der Waals surface area contributed by atoms with Crippen molar-refractivity contribution in [1.82, 2.24) is 4.90 Å². The molecule has 2 aliphatic rings. The van der Waals surface area contributed by atoms with Crippen molar-refractivity contribution in [3.63, 3.8) is 0 Å². The molecule has 1 aliphatic carbocycles. The molecule has 1 saturated carbocycles. The number of nitrogens with one attached hydrogen (secondary N) is 1. The summed E-state index contributed by atoms with van der Waals surface area (Å²) in [6.07, 6.45) is 6.71. The Balaban J connectivity index is 1.32. The van der Waals surface area contributed by atoms with Gasteiger partial charge in [0, 0.05) is 11.7 Å². The predicted molar refractivity (Wildman–Crippen MR) is 150 cm³/mol. The molecule has 0 aromatic heterocycles. The van der Waals surface area contributed by atoms with Crippen LogP contribution in [0.1, 0.15) is 49.3 Å². The van der Waals surface area contributed by atoms with E-state index >= 15 is 0 Å². The van der Waals surface area contributed by atoms with E-state index in [1.165, 1.54) is 24.8 Å². The van der Waals surface area contributed by atoms with Gasteiger partial charge in [0.05, 0.1) is 4.91 Å². The van der Waals surface area contributed by atoms with Crippen LogP contribution in [0.15, 0.2) is 83.8 Å². The second kappa shape index (κ2) is 11.3. The number of anilines is 1. The Morgan fingerprint density at radius 2 is 1.78 bits per heavy atom. The summed E-state index contributed by atoms with van der Waals surface area (Å²) in [5, 5.41) is 3.61. The SMILES string of the molecule is Cc1cccc(COc2ccc(/C=C3\SC(Nc4ccccc4)N([C@H]4CCCC[C@@H]4C)C3=O)cc2)c1. The number of thioether (sulfide) groups is 1. The zero-order valence-electron chi connectivity index (χ0n) is 21.0. The maximum absolute atomic E-state index is 13.7. The van der Waals surface area contributed by atoms with Gasteiger partial charge in [0.2, 0.25) is 0 Å². The Hall–Kier alpha value is -3.18. The molecule has 1 N–H and O–H groups in total. The third kappa shape index (κ3) is 5.79. The topological polar surface area (TPSA) is 41.6 Å². The average Bonchev–Trinajstić information content (AvgIpc) is 3.18. The Labute approximate surface area is 218 Å². The number of ether oxygens (including phenoxy) is 1. The van der Waals surface area contributed by atoms with Gasteiger partial charge >= 0.3 is 0 Å². The summed E-state index contributed by atoms with van der Waals surface area (Å²) in [6, 6.07) is 26.8. The number of amides is 1. The van der Waals surface area contributed by atoms with Gasteiger partial charge in [-0.1, -0.05) is 91.7 Å². The largest absolute Gasteiger partial charge is 0.489 e. The first kappa shape index (κ1) is 24.5. The third-order valence-electron chi connectivity index (χ3n) is 7.09. The van der Waals surface area contributed by atoms with Crippen LogP contribution >= 0.6 is 11.8 Å². The lowest BCUT2D eigenvalue weighted by atomic mass is 9.85. The fourth-order valence-electron chi connectivity index (χ4n) is 5.15. The molecule has 1 aliphatic heterocycles. The van der Waals surface area contributed by atoms with Crippen molar-refractivity contribution in [2.45, 2.75) is 57.7 Å². The number of rotatable bonds is 7. The van der Waals surface area contributed by atoms with Crippen molar-refractivity contribution in [2.75, 3.05) is 5.32 Å². The minimum Gasteiger partial charge on any atom is -0.489 e. The molecule has 36 heavy (non-hydrogen) atoms. The number of carbonyl (C=O) groups excluding carboxylic acids is 1. The summed E-state index contributed by atoms with van der Waals surface area (Å²) < 4.78 is 5.97. The Morgan fingerprint density at radius 3 is 2.53 bits per heavy atom. The third-order valence-corrected chi connectivity index (χ3v) is 8.20. The molecule has 2 fully saturated rings. The van der Waals surface area contributed by atoms with Crippen LogP contribution in [0.25, 0.3) is 6.08 Å². The minimum absolute atomic E-state index is 0.103. The number of aryl methyl sites for hydroxylation is 1. The number of hydrogen-bond acceptors (Lipinski definition) is 4. The standard InChI is InChI=1S/C31H34N2O2S/c1-22-9-8-11-25(19-22)21-35-27-17-15-24(16-18-27)20-29-30(34)33(28-14-7-6-10-23(28)2)31(36-29)32-26-12-4-3-5-13-26/h3-5,8-9,11-13,15-20,23,28,31-32H,6-7,10,14,21H2,1-2H3/b29-20-/t23-,28-,31?/m0/s1. The summed E-state index contributed by atoms with van der Waals surface area (Å²) in [7, 11) is 0. The van der Waals surface area contributed by atoms with Crippen molar-refractivity contribution >= 4 is 29.4 Å². The molecular formula is C31H34N2O2S. The minimum atomic E-state index is -0.103. The summed E-state index contributed by atoms with van der Waals surface area (Å²) in [5.74, 6) is 1.46. The maximum atomic E-state index is 13.7. The first-order chi connectivity index (χ1) is 17.6. The molecule has 3 aromatic rings. The lowest BCUT2D eigenvalue weighted by Gasteiger charge is -2.39. The normalized spacial score (nSPS) is 23.2. The van der Waals surface area contributed by atoms with E-state index in [2.05, 4.69) is 60.5 Å². The highest BCUT2D eigenvalue weighted by molar-refractivity contribution is 8.05. The van der Waals surface area contributed by atoms with E-state index in [-0.39, 0.29) is 17.4 Å². The molecule has 4 nitrogen and oxygen atoms in total. The van der Waals surface area contributed by atoms with Gasteiger partial charge in [-0.05, 0) is 67.2 Å². The van der Waals surface area contributed by atoms with Crippen molar-refractivity contribution < 1.29 is 9.53 Å². The molecule has 1 amide bonds. The fraction of sp³-hybridized carbons (Fsp3) is 0.323. The lowest BCUT2D eigenvalue weighted by Crippen LogP contribution is -2.48. The molecule has 0 spiro atoms. The molecule has 5 rings (SSSR count). The number of para-hydroxylation sites is 1. The van der Waals surface area contributed by atoms with E-state index in [9.17, 15) is 4.79 Å². The van der Waals surface area contributed by atoms with Gasteiger partial charge in [0.25, 0.3) is 5.91 Å². The van der Waals surface area contributed by atoms with Crippen LogP contribution in [-0.4, -0.2) is 22.3 Å².